The summed E-state index contributed by atoms with van der Waals surface area (Å²) >= 11 is 6.00. The highest BCUT2D eigenvalue weighted by atomic mass is 32.2. The van der Waals surface area contributed by atoms with E-state index in [0.717, 1.165) is 47.2 Å². The molecule has 2 amide bonds. The molecule has 0 spiro atoms. The summed E-state index contributed by atoms with van der Waals surface area (Å²) in [6.07, 6.45) is -5.12. The van der Waals surface area contributed by atoms with Crippen molar-refractivity contribution in [2.24, 2.45) is 5.41 Å². The standard InChI is InChI=1S/C28H46N7O18P3S3/c1-27(2,23(40)26(41)31-6-5-17(36)30-7-10-59-19(38)11-18(37)58-9-4-8-57)13-50-56(47,48)53-55(45,46)49-12-16-21(52-54(42,43)44)22(39)28(3,51-16)35-15-34-20-24(29)32-14-33-25(20)35/h14-16,21-23,39-40,57H,4-13H2,1-3H3,(H,30,36)(H,31,41)(H,45,46)(H,47,48)(H2,29,32,33)(H2,42,43,44). The highest BCUT2D eigenvalue weighted by Gasteiger charge is 2.57. The van der Waals surface area contributed by atoms with Gasteiger partial charge in [-0.3, -0.25) is 37.3 Å². The molecular formula is C28H46N7O18P3S3. The number of carbonyl (C=O) groups is 4. The number of thioether (sulfide) groups is 2. The highest BCUT2D eigenvalue weighted by molar-refractivity contribution is 8.15. The molecule has 1 saturated heterocycles. The van der Waals surface area contributed by atoms with E-state index in [4.69, 9.17) is 24.0 Å². The summed E-state index contributed by atoms with van der Waals surface area (Å²) in [5.74, 6) is -0.147. The van der Waals surface area contributed by atoms with Gasteiger partial charge < -0.3 is 50.9 Å². The fourth-order valence-corrected chi connectivity index (χ4v) is 9.78. The van der Waals surface area contributed by atoms with E-state index < -0.39 is 84.1 Å². The lowest BCUT2D eigenvalue weighted by atomic mass is 9.87. The van der Waals surface area contributed by atoms with Gasteiger partial charge in [-0.25, -0.2) is 28.6 Å². The smallest absolute Gasteiger partial charge is 0.385 e. The van der Waals surface area contributed by atoms with Crippen LogP contribution in [0.2, 0.25) is 0 Å². The summed E-state index contributed by atoms with van der Waals surface area (Å²) in [5, 5.41) is 26.0. The number of ether oxygens (including phenoxy) is 1. The lowest BCUT2D eigenvalue weighted by Crippen LogP contribution is -2.46. The van der Waals surface area contributed by atoms with Crippen molar-refractivity contribution in [1.29, 1.82) is 0 Å². The van der Waals surface area contributed by atoms with Crippen molar-refractivity contribution < 1.29 is 85.3 Å². The number of phosphoric ester groups is 3. The minimum absolute atomic E-state index is 0.0116. The number of hydrogen-bond acceptors (Lipinski definition) is 21. The van der Waals surface area contributed by atoms with Gasteiger partial charge in [-0.1, -0.05) is 37.4 Å². The molecule has 0 radical (unpaired) electrons. The Morgan fingerprint density at radius 1 is 1.03 bits per heavy atom. The van der Waals surface area contributed by atoms with Crippen molar-refractivity contribution in [2.45, 2.75) is 70.2 Å². The fraction of sp³-hybridized carbons (Fsp3) is 0.679. The first-order valence-corrected chi connectivity index (χ1v) is 24.3. The lowest BCUT2D eigenvalue weighted by Gasteiger charge is -2.30. The number of hydrogen-bond donors (Lipinski definition) is 10. The molecule has 0 saturated carbocycles. The van der Waals surface area contributed by atoms with Gasteiger partial charge in [0, 0.05) is 36.4 Å². The van der Waals surface area contributed by atoms with Crippen LogP contribution in [0.4, 0.5) is 5.82 Å². The molecular weight excluding hydrogens is 911 g/mol. The Hall–Kier alpha value is -2.07. The molecule has 1 aliphatic heterocycles. The van der Waals surface area contributed by atoms with Crippen LogP contribution in [-0.4, -0.2) is 139 Å². The Morgan fingerprint density at radius 2 is 1.68 bits per heavy atom. The molecule has 0 bridgehead atoms. The van der Waals surface area contributed by atoms with Crippen LogP contribution in [0.15, 0.2) is 12.7 Å². The number of fused-ring (bicyclic) bond motifs is 1. The molecule has 31 heteroatoms. The predicted octanol–water partition coefficient (Wildman–Crippen LogP) is -0.191. The van der Waals surface area contributed by atoms with Crippen molar-refractivity contribution in [3.05, 3.63) is 12.7 Å². The topological polar surface area (TPSA) is 381 Å². The number of aliphatic hydroxyl groups excluding tert-OH is 2. The quantitative estimate of drug-likeness (QED) is 0.0282. The minimum atomic E-state index is -5.61. The third kappa shape index (κ3) is 15.7. The first-order chi connectivity index (χ1) is 27.3. The zero-order valence-corrected chi connectivity index (χ0v) is 36.8. The summed E-state index contributed by atoms with van der Waals surface area (Å²) in [6.45, 7) is 1.50. The van der Waals surface area contributed by atoms with Gasteiger partial charge >= 0.3 is 23.5 Å². The third-order valence-electron chi connectivity index (χ3n) is 8.10. The van der Waals surface area contributed by atoms with E-state index in [0.29, 0.717) is 11.5 Å². The summed E-state index contributed by atoms with van der Waals surface area (Å²) < 4.78 is 62.7. The second-order valence-electron chi connectivity index (χ2n) is 13.3. The Morgan fingerprint density at radius 3 is 2.32 bits per heavy atom. The average Bonchev–Trinajstić information content (AvgIpc) is 3.67. The molecule has 7 atom stereocenters. The number of nitrogen functional groups attached to an aromatic ring is 1. The maximum Gasteiger partial charge on any atom is 0.481 e. The van der Waals surface area contributed by atoms with E-state index in [1.54, 1.807) is 0 Å². The van der Waals surface area contributed by atoms with Crippen LogP contribution in [0.5, 0.6) is 0 Å². The van der Waals surface area contributed by atoms with E-state index in [1.807, 2.05) is 0 Å². The molecule has 7 unspecified atom stereocenters. The number of nitrogens with zero attached hydrogens (tertiary/aromatic N) is 4. The summed E-state index contributed by atoms with van der Waals surface area (Å²) in [4.78, 5) is 99.7. The molecule has 10 N–H and O–H groups in total. The number of phosphoric acid groups is 3. The molecule has 2 aromatic rings. The van der Waals surface area contributed by atoms with Crippen LogP contribution in [-0.2, 0) is 61.2 Å². The normalized spacial score (nSPS) is 22.4. The number of aromatic nitrogens is 4. The monoisotopic (exact) mass is 957 g/mol. The Kier molecular flexibility index (Phi) is 19.0. The van der Waals surface area contributed by atoms with Crippen LogP contribution < -0.4 is 16.4 Å². The van der Waals surface area contributed by atoms with Crippen molar-refractivity contribution in [3.8, 4) is 0 Å². The van der Waals surface area contributed by atoms with Gasteiger partial charge in [0.05, 0.1) is 26.0 Å². The average molecular weight is 958 g/mol. The maximum atomic E-state index is 12.8. The number of nitrogens with two attached hydrogens (primary N) is 1. The van der Waals surface area contributed by atoms with Crippen LogP contribution >= 0.6 is 59.6 Å². The van der Waals surface area contributed by atoms with Crippen LogP contribution in [0.25, 0.3) is 11.2 Å². The van der Waals surface area contributed by atoms with E-state index in [2.05, 4.69) is 42.5 Å². The number of imidazole rings is 1. The molecule has 0 aromatic carbocycles. The second-order valence-corrected chi connectivity index (χ2v) is 20.3. The molecule has 3 heterocycles. The van der Waals surface area contributed by atoms with Crippen molar-refractivity contribution in [2.75, 3.05) is 49.3 Å². The minimum Gasteiger partial charge on any atom is -0.385 e. The molecule has 59 heavy (non-hydrogen) atoms. The van der Waals surface area contributed by atoms with Gasteiger partial charge in [-0.05, 0) is 19.1 Å². The number of anilines is 1. The second kappa shape index (κ2) is 21.8. The van der Waals surface area contributed by atoms with Crippen molar-refractivity contribution in [1.82, 2.24) is 30.2 Å². The molecule has 2 aromatic heterocycles. The number of aliphatic hydroxyl groups is 2. The van der Waals surface area contributed by atoms with E-state index in [9.17, 15) is 62.7 Å². The van der Waals surface area contributed by atoms with Gasteiger partial charge in [-0.15, -0.1) is 0 Å². The highest BCUT2D eigenvalue weighted by Crippen LogP contribution is 2.61. The van der Waals surface area contributed by atoms with E-state index >= 15 is 0 Å². The van der Waals surface area contributed by atoms with Crippen LogP contribution in [0.3, 0.4) is 0 Å². The molecule has 1 fully saturated rings. The van der Waals surface area contributed by atoms with E-state index in [1.165, 1.54) is 20.8 Å². The first kappa shape index (κ1) is 51.3. The van der Waals surface area contributed by atoms with Crippen molar-refractivity contribution in [3.63, 3.8) is 0 Å². The summed E-state index contributed by atoms with van der Waals surface area (Å²) in [7, 11) is -16.5. The Labute approximate surface area is 350 Å². The maximum absolute atomic E-state index is 12.8. The molecule has 1 aliphatic rings. The zero-order chi connectivity index (χ0) is 44.4. The van der Waals surface area contributed by atoms with Crippen molar-refractivity contribution >= 4 is 98.6 Å². The number of amides is 2. The van der Waals surface area contributed by atoms with Crippen LogP contribution in [0, 0.1) is 5.41 Å². The van der Waals surface area contributed by atoms with E-state index in [-0.39, 0.29) is 58.9 Å². The largest absolute Gasteiger partial charge is 0.481 e. The predicted molar refractivity (Wildman–Crippen MR) is 212 cm³/mol. The summed E-state index contributed by atoms with van der Waals surface area (Å²) in [5.41, 5.74) is 2.25. The molecule has 3 rings (SSSR count). The van der Waals surface area contributed by atoms with Crippen LogP contribution in [0.1, 0.15) is 40.0 Å². The van der Waals surface area contributed by atoms with Gasteiger partial charge in [0.2, 0.25) is 11.8 Å². The molecule has 25 nitrogen and oxygen atoms in total. The SMILES string of the molecule is CC(C)(COP(=O)(O)OP(=O)(O)OCC1OC(C)(n2cnc3c(N)ncnc32)C(O)C1OP(=O)(O)O)C(O)C(=O)NCCC(=O)NCCSC(=O)CC(=O)SCCCS. The van der Waals surface area contributed by atoms with Gasteiger partial charge in [-0.2, -0.15) is 16.9 Å². The molecule has 334 valence electrons. The number of thiol groups is 1. The third-order valence-corrected chi connectivity index (χ3v) is 13.4. The lowest BCUT2D eigenvalue weighted by molar-refractivity contribution is -0.137. The number of rotatable bonds is 24. The Balaban J connectivity index is 1.48. The zero-order valence-electron chi connectivity index (χ0n) is 31.6. The Bertz CT molecular complexity index is 1960. The van der Waals surface area contributed by atoms with Gasteiger partial charge in [0.25, 0.3) is 0 Å². The summed E-state index contributed by atoms with van der Waals surface area (Å²) in [6, 6.07) is 0. The fourth-order valence-electron chi connectivity index (χ4n) is 5.08. The first-order valence-electron chi connectivity index (χ1n) is 17.1. The number of carbonyl (C=O) groups excluding carboxylic acids is 4. The van der Waals surface area contributed by atoms with Gasteiger partial charge in [0.15, 0.2) is 27.4 Å². The van der Waals surface area contributed by atoms with Gasteiger partial charge in [0.1, 0.15) is 36.3 Å². The molecule has 0 aliphatic carbocycles. The number of nitrogens with one attached hydrogen (secondary N) is 2.